The van der Waals surface area contributed by atoms with E-state index in [1.807, 2.05) is 32.0 Å². The van der Waals surface area contributed by atoms with Gasteiger partial charge < -0.3 is 29.7 Å². The molecule has 0 bridgehead atoms. The second-order valence-electron chi connectivity index (χ2n) is 13.7. The first kappa shape index (κ1) is 37.3. The molecule has 12 heteroatoms. The van der Waals surface area contributed by atoms with Crippen molar-refractivity contribution in [1.29, 1.82) is 0 Å². The maximum atomic E-state index is 14.4. The summed E-state index contributed by atoms with van der Waals surface area (Å²) >= 11 is 6.51. The van der Waals surface area contributed by atoms with Gasteiger partial charge in [0, 0.05) is 53.8 Å². The number of carbonyl (C=O) groups excluding carboxylic acids is 4. The zero-order chi connectivity index (χ0) is 35.9. The van der Waals surface area contributed by atoms with E-state index in [0.29, 0.717) is 27.4 Å². The number of hydrogen-bond donors (Lipinski definition) is 2. The first-order valence-corrected chi connectivity index (χ1v) is 16.3. The smallest absolute Gasteiger partial charge is 0.407 e. The minimum absolute atomic E-state index is 0.0415. The number of hydrogen-bond acceptors (Lipinski definition) is 7. The van der Waals surface area contributed by atoms with Gasteiger partial charge in [0.05, 0.1) is 13.0 Å². The highest BCUT2D eigenvalue weighted by atomic mass is 35.5. The number of esters is 1. The molecule has 0 radical (unpaired) electrons. The lowest BCUT2D eigenvalue weighted by molar-refractivity contribution is -0.144. The third-order valence-electron chi connectivity index (χ3n) is 7.55. The third kappa shape index (κ3) is 10.8. The monoisotopic (exact) mass is 695 g/mol. The summed E-state index contributed by atoms with van der Waals surface area (Å²) in [6.45, 7) is 10.6. The summed E-state index contributed by atoms with van der Waals surface area (Å²) in [7, 11) is 0. The predicted molar refractivity (Wildman–Crippen MR) is 183 cm³/mol. The molecule has 0 spiro atoms. The van der Waals surface area contributed by atoms with Crippen LogP contribution in [-0.2, 0) is 41.7 Å². The number of ether oxygens (including phenoxy) is 3. The lowest BCUT2D eigenvalue weighted by atomic mass is 9.92. The lowest BCUT2D eigenvalue weighted by Gasteiger charge is -2.33. The molecule has 2 unspecified atom stereocenters. The molecule has 1 aliphatic rings. The fourth-order valence-electron chi connectivity index (χ4n) is 5.33. The second-order valence-corrected chi connectivity index (χ2v) is 14.2. The minimum atomic E-state index is -1.26. The largest absolute Gasteiger partial charge is 0.465 e. The Morgan fingerprint density at radius 3 is 2.39 bits per heavy atom. The standard InChI is InChI=1S/C37H43ClFN3O7/c1-23(43)47-22-37(5,6)21-42-30-15-14-27(38)17-28(30)33(25-12-9-10-24(16-25)19-41-35(46)49-36(2,3)4)48-31(34(42)45)18-32(44)40-20-26-11-7-8-13-29(26)39/h7-17,31,33H,18-22H2,1-6H3,(H,40,44)(H,41,46). The van der Waals surface area contributed by atoms with Crippen molar-refractivity contribution < 1.29 is 37.8 Å². The van der Waals surface area contributed by atoms with E-state index in [1.54, 1.807) is 63.2 Å². The van der Waals surface area contributed by atoms with E-state index < -0.39 is 52.9 Å². The number of amides is 3. The van der Waals surface area contributed by atoms with Crippen molar-refractivity contribution in [2.45, 2.75) is 78.9 Å². The molecule has 1 aliphatic heterocycles. The Labute approximate surface area is 291 Å². The van der Waals surface area contributed by atoms with Crippen LogP contribution in [0.1, 0.15) is 76.3 Å². The van der Waals surface area contributed by atoms with Crippen LogP contribution in [0.4, 0.5) is 14.9 Å². The van der Waals surface area contributed by atoms with Gasteiger partial charge in [0.2, 0.25) is 5.91 Å². The number of nitrogens with zero attached hydrogens (tertiary/aromatic N) is 1. The number of carbonyl (C=O) groups is 4. The van der Waals surface area contributed by atoms with Gasteiger partial charge in [-0.3, -0.25) is 14.4 Å². The molecule has 0 saturated heterocycles. The van der Waals surface area contributed by atoms with Gasteiger partial charge in [-0.2, -0.15) is 0 Å². The highest BCUT2D eigenvalue weighted by Crippen LogP contribution is 2.41. The fraction of sp³-hybridized carbons (Fsp3) is 0.405. The van der Waals surface area contributed by atoms with Crippen LogP contribution in [0, 0.1) is 11.2 Å². The summed E-state index contributed by atoms with van der Waals surface area (Å²) in [4.78, 5) is 53.2. The zero-order valence-corrected chi connectivity index (χ0v) is 29.4. The molecule has 3 aromatic carbocycles. The fourth-order valence-corrected chi connectivity index (χ4v) is 5.51. The van der Waals surface area contributed by atoms with Crippen molar-refractivity contribution in [2.24, 2.45) is 5.41 Å². The quantitative estimate of drug-likeness (QED) is 0.216. The third-order valence-corrected chi connectivity index (χ3v) is 7.79. The molecule has 10 nitrogen and oxygen atoms in total. The molecule has 3 aromatic rings. The van der Waals surface area contributed by atoms with E-state index >= 15 is 0 Å². The maximum Gasteiger partial charge on any atom is 0.407 e. The Balaban J connectivity index is 1.70. The summed E-state index contributed by atoms with van der Waals surface area (Å²) in [6, 6.07) is 18.5. The van der Waals surface area contributed by atoms with Crippen LogP contribution in [0.15, 0.2) is 66.7 Å². The molecule has 0 aliphatic carbocycles. The number of anilines is 1. The molecule has 1 heterocycles. The van der Waals surface area contributed by atoms with Crippen molar-refractivity contribution in [3.63, 3.8) is 0 Å². The lowest BCUT2D eigenvalue weighted by Crippen LogP contribution is -2.46. The molecule has 4 rings (SSSR count). The van der Waals surface area contributed by atoms with Crippen molar-refractivity contribution in [2.75, 3.05) is 18.1 Å². The number of halogens is 2. The van der Waals surface area contributed by atoms with Crippen LogP contribution in [0.2, 0.25) is 5.02 Å². The number of rotatable bonds is 11. The Morgan fingerprint density at radius 1 is 0.959 bits per heavy atom. The van der Waals surface area contributed by atoms with Crippen LogP contribution in [0.25, 0.3) is 0 Å². The van der Waals surface area contributed by atoms with Gasteiger partial charge in [0.15, 0.2) is 0 Å². The molecule has 2 N–H and O–H groups in total. The summed E-state index contributed by atoms with van der Waals surface area (Å²) < 4.78 is 31.5. The Bertz CT molecular complexity index is 1690. The average molecular weight is 696 g/mol. The van der Waals surface area contributed by atoms with Crippen LogP contribution >= 0.6 is 11.6 Å². The second kappa shape index (κ2) is 15.8. The molecule has 2 atom stereocenters. The van der Waals surface area contributed by atoms with Gasteiger partial charge in [-0.25, -0.2) is 9.18 Å². The number of alkyl carbamates (subject to hydrolysis) is 1. The summed E-state index contributed by atoms with van der Waals surface area (Å²) in [5.74, 6) is -1.90. The molecular formula is C37H43ClFN3O7. The zero-order valence-electron chi connectivity index (χ0n) is 28.6. The Morgan fingerprint density at radius 2 is 1.69 bits per heavy atom. The van der Waals surface area contributed by atoms with Crippen molar-refractivity contribution in [3.05, 3.63) is 99.8 Å². The molecule has 49 heavy (non-hydrogen) atoms. The maximum absolute atomic E-state index is 14.4. The average Bonchev–Trinajstić information content (AvgIpc) is 3.12. The van der Waals surface area contributed by atoms with Gasteiger partial charge in [-0.1, -0.05) is 67.9 Å². The summed E-state index contributed by atoms with van der Waals surface area (Å²) in [5.41, 5.74) is 1.43. The summed E-state index contributed by atoms with van der Waals surface area (Å²) in [5, 5.41) is 5.86. The molecule has 262 valence electrons. The summed E-state index contributed by atoms with van der Waals surface area (Å²) in [6.07, 6.45) is -3.04. The predicted octanol–water partition coefficient (Wildman–Crippen LogP) is 6.62. The molecule has 3 amide bonds. The number of nitrogens with one attached hydrogen (secondary N) is 2. The van der Waals surface area contributed by atoms with E-state index in [2.05, 4.69) is 10.6 Å². The van der Waals surface area contributed by atoms with Crippen LogP contribution in [-0.4, -0.2) is 48.7 Å². The first-order chi connectivity index (χ1) is 23.0. The van der Waals surface area contributed by atoms with Crippen LogP contribution in [0.5, 0.6) is 0 Å². The highest BCUT2D eigenvalue weighted by molar-refractivity contribution is 6.30. The van der Waals surface area contributed by atoms with E-state index in [-0.39, 0.29) is 32.7 Å². The molecular weight excluding hydrogens is 653 g/mol. The first-order valence-electron chi connectivity index (χ1n) is 16.0. The topological polar surface area (TPSA) is 123 Å². The Hall–Kier alpha value is -4.48. The molecule has 0 saturated carbocycles. The minimum Gasteiger partial charge on any atom is -0.465 e. The Kier molecular flexibility index (Phi) is 12.1. The number of benzene rings is 3. The van der Waals surface area contributed by atoms with E-state index in [0.717, 1.165) is 5.56 Å². The number of fused-ring (bicyclic) bond motifs is 1. The van der Waals surface area contributed by atoms with Crippen molar-refractivity contribution in [3.8, 4) is 0 Å². The van der Waals surface area contributed by atoms with E-state index in [9.17, 15) is 23.6 Å². The van der Waals surface area contributed by atoms with E-state index in [4.69, 9.17) is 25.8 Å². The van der Waals surface area contributed by atoms with Crippen molar-refractivity contribution in [1.82, 2.24) is 10.6 Å². The van der Waals surface area contributed by atoms with E-state index in [1.165, 1.54) is 17.9 Å². The van der Waals surface area contributed by atoms with Gasteiger partial charge >= 0.3 is 12.1 Å². The van der Waals surface area contributed by atoms with Crippen LogP contribution < -0.4 is 15.5 Å². The highest BCUT2D eigenvalue weighted by Gasteiger charge is 2.40. The van der Waals surface area contributed by atoms with Crippen LogP contribution in [0.3, 0.4) is 0 Å². The van der Waals surface area contributed by atoms with Gasteiger partial charge in [0.25, 0.3) is 5.91 Å². The molecule has 0 aromatic heterocycles. The SMILES string of the molecule is CC(=O)OCC(C)(C)CN1C(=O)C(CC(=O)NCc2ccccc2F)OC(c2cccc(CNC(=O)OC(C)(C)C)c2)c2cc(Cl)ccc21. The molecule has 0 fully saturated rings. The van der Waals surface area contributed by atoms with Gasteiger partial charge in [0.1, 0.15) is 23.6 Å². The van der Waals surface area contributed by atoms with Gasteiger partial charge in [-0.05, 0) is 56.2 Å². The van der Waals surface area contributed by atoms with Crippen molar-refractivity contribution >= 4 is 41.2 Å². The van der Waals surface area contributed by atoms with Gasteiger partial charge in [-0.15, -0.1) is 0 Å². The normalized spacial score (nSPS) is 16.3.